The molecule has 2 atom stereocenters. The van der Waals surface area contributed by atoms with Crippen LogP contribution in [0.4, 0.5) is 5.69 Å². The summed E-state index contributed by atoms with van der Waals surface area (Å²) < 4.78 is 5.54. The molecule has 3 aliphatic rings. The Morgan fingerprint density at radius 3 is 2.67 bits per heavy atom. The lowest BCUT2D eigenvalue weighted by Crippen LogP contribution is -2.47. The van der Waals surface area contributed by atoms with Gasteiger partial charge in [-0.05, 0) is 57.4 Å². The highest BCUT2D eigenvalue weighted by molar-refractivity contribution is 6.02. The standard InChI is InChI=1S/C20H25N3O4/c1-12-19(25)22-16-11-14(4-5-17(16)27-12)18(24)13-6-9-23(10-7-13)20(26)15-3-2-8-21-15/h4-5,11-13,15,21H,2-3,6-10H2,1H3,(H,22,25). The highest BCUT2D eigenvalue weighted by Crippen LogP contribution is 2.32. The van der Waals surface area contributed by atoms with Crippen LogP contribution in [0.15, 0.2) is 18.2 Å². The number of ketones is 1. The third-order valence-corrected chi connectivity index (χ3v) is 5.73. The third-order valence-electron chi connectivity index (χ3n) is 5.73. The Bertz CT molecular complexity index is 764. The molecule has 0 saturated carbocycles. The summed E-state index contributed by atoms with van der Waals surface area (Å²) in [4.78, 5) is 39.1. The molecule has 0 aliphatic carbocycles. The summed E-state index contributed by atoms with van der Waals surface area (Å²) in [6.45, 7) is 3.83. The topological polar surface area (TPSA) is 87.7 Å². The van der Waals surface area contributed by atoms with Crippen LogP contribution in [0.1, 0.15) is 43.0 Å². The van der Waals surface area contributed by atoms with E-state index in [0.717, 1.165) is 19.4 Å². The molecule has 7 nitrogen and oxygen atoms in total. The van der Waals surface area contributed by atoms with Crippen molar-refractivity contribution < 1.29 is 19.1 Å². The molecule has 2 saturated heterocycles. The maximum absolute atomic E-state index is 12.9. The molecule has 0 spiro atoms. The fourth-order valence-corrected chi connectivity index (χ4v) is 4.08. The number of likely N-dealkylation sites (tertiary alicyclic amines) is 1. The number of hydrogen-bond donors (Lipinski definition) is 2. The van der Waals surface area contributed by atoms with Gasteiger partial charge in [-0.15, -0.1) is 0 Å². The van der Waals surface area contributed by atoms with E-state index in [9.17, 15) is 14.4 Å². The number of piperidine rings is 1. The van der Waals surface area contributed by atoms with Crippen molar-refractivity contribution >= 4 is 23.3 Å². The second-order valence-electron chi connectivity index (χ2n) is 7.57. The lowest BCUT2D eigenvalue weighted by molar-refractivity contribution is -0.134. The van der Waals surface area contributed by atoms with Crippen LogP contribution in [0.5, 0.6) is 5.75 Å². The lowest BCUT2D eigenvalue weighted by Gasteiger charge is -2.33. The monoisotopic (exact) mass is 371 g/mol. The maximum Gasteiger partial charge on any atom is 0.265 e. The second-order valence-corrected chi connectivity index (χ2v) is 7.57. The first-order valence-corrected chi connectivity index (χ1v) is 9.71. The fraction of sp³-hybridized carbons (Fsp3) is 0.550. The number of rotatable bonds is 3. The number of anilines is 1. The zero-order valence-electron chi connectivity index (χ0n) is 15.5. The number of carbonyl (C=O) groups excluding carboxylic acids is 3. The zero-order valence-corrected chi connectivity index (χ0v) is 15.5. The molecule has 144 valence electrons. The van der Waals surface area contributed by atoms with Gasteiger partial charge in [0, 0.05) is 24.6 Å². The summed E-state index contributed by atoms with van der Waals surface area (Å²) in [6, 6.07) is 5.14. The number of amides is 2. The Kier molecular flexibility index (Phi) is 4.86. The van der Waals surface area contributed by atoms with Crippen LogP contribution in [0.3, 0.4) is 0 Å². The van der Waals surface area contributed by atoms with Crippen LogP contribution in [0.25, 0.3) is 0 Å². The minimum atomic E-state index is -0.532. The number of carbonyl (C=O) groups is 3. The summed E-state index contributed by atoms with van der Waals surface area (Å²) >= 11 is 0. The van der Waals surface area contributed by atoms with Gasteiger partial charge in [0.1, 0.15) is 5.75 Å². The summed E-state index contributed by atoms with van der Waals surface area (Å²) in [6.07, 6.45) is 2.76. The first-order chi connectivity index (χ1) is 13.0. The van der Waals surface area contributed by atoms with Crippen molar-refractivity contribution in [1.82, 2.24) is 10.2 Å². The van der Waals surface area contributed by atoms with Gasteiger partial charge in [-0.2, -0.15) is 0 Å². The predicted molar refractivity (Wildman–Crippen MR) is 99.8 cm³/mol. The van der Waals surface area contributed by atoms with Crippen molar-refractivity contribution in [2.24, 2.45) is 5.92 Å². The molecule has 0 aromatic heterocycles. The summed E-state index contributed by atoms with van der Waals surface area (Å²) in [7, 11) is 0. The van der Waals surface area contributed by atoms with Crippen molar-refractivity contribution in [3.8, 4) is 5.75 Å². The van der Waals surface area contributed by atoms with Crippen molar-refractivity contribution in [1.29, 1.82) is 0 Å². The Morgan fingerprint density at radius 2 is 1.96 bits per heavy atom. The van der Waals surface area contributed by atoms with Crippen molar-refractivity contribution in [2.45, 2.75) is 44.8 Å². The van der Waals surface area contributed by atoms with Crippen LogP contribution >= 0.6 is 0 Å². The molecule has 4 rings (SSSR count). The number of hydrogen-bond acceptors (Lipinski definition) is 5. The number of nitrogens with one attached hydrogen (secondary N) is 2. The van der Waals surface area contributed by atoms with E-state index in [0.29, 0.717) is 42.9 Å². The van der Waals surface area contributed by atoms with E-state index in [2.05, 4.69) is 10.6 Å². The molecule has 2 fully saturated rings. The van der Waals surface area contributed by atoms with Crippen LogP contribution in [0, 0.1) is 5.92 Å². The van der Waals surface area contributed by atoms with Gasteiger partial charge in [0.15, 0.2) is 11.9 Å². The minimum absolute atomic E-state index is 0.0519. The Morgan fingerprint density at radius 1 is 1.19 bits per heavy atom. The SMILES string of the molecule is CC1Oc2ccc(C(=O)C3CCN(C(=O)C4CCCN4)CC3)cc2NC1=O. The molecule has 2 N–H and O–H groups in total. The summed E-state index contributed by atoms with van der Waals surface area (Å²) in [5.41, 5.74) is 1.12. The van der Waals surface area contributed by atoms with E-state index >= 15 is 0 Å². The van der Waals surface area contributed by atoms with Gasteiger partial charge in [0.25, 0.3) is 5.91 Å². The normalized spacial score (nSPS) is 25.5. The first-order valence-electron chi connectivity index (χ1n) is 9.71. The highest BCUT2D eigenvalue weighted by atomic mass is 16.5. The molecule has 0 radical (unpaired) electrons. The van der Waals surface area contributed by atoms with Crippen molar-refractivity contribution in [2.75, 3.05) is 25.0 Å². The van der Waals surface area contributed by atoms with E-state index in [-0.39, 0.29) is 29.6 Å². The quantitative estimate of drug-likeness (QED) is 0.788. The van der Waals surface area contributed by atoms with Gasteiger partial charge in [0.05, 0.1) is 11.7 Å². The molecule has 27 heavy (non-hydrogen) atoms. The lowest BCUT2D eigenvalue weighted by atomic mass is 9.88. The number of benzene rings is 1. The largest absolute Gasteiger partial charge is 0.479 e. The third kappa shape index (κ3) is 3.56. The van der Waals surface area contributed by atoms with Gasteiger partial charge in [-0.25, -0.2) is 0 Å². The summed E-state index contributed by atoms with van der Waals surface area (Å²) in [5, 5.41) is 6.03. The molecular formula is C20H25N3O4. The number of nitrogens with zero attached hydrogens (tertiary/aromatic N) is 1. The van der Waals surface area contributed by atoms with Gasteiger partial charge >= 0.3 is 0 Å². The van der Waals surface area contributed by atoms with Crippen LogP contribution < -0.4 is 15.4 Å². The molecule has 2 amide bonds. The molecule has 3 aliphatic heterocycles. The average Bonchev–Trinajstić information content (AvgIpc) is 3.22. The Hall–Kier alpha value is -2.41. The van der Waals surface area contributed by atoms with Crippen molar-refractivity contribution in [3.05, 3.63) is 23.8 Å². The number of ether oxygens (including phenoxy) is 1. The van der Waals surface area contributed by atoms with Gasteiger partial charge in [-0.1, -0.05) is 0 Å². The first kappa shape index (κ1) is 18.0. The van der Waals surface area contributed by atoms with E-state index in [1.54, 1.807) is 25.1 Å². The van der Waals surface area contributed by atoms with Crippen LogP contribution in [0.2, 0.25) is 0 Å². The average molecular weight is 371 g/mol. The molecule has 1 aromatic rings. The smallest absolute Gasteiger partial charge is 0.265 e. The van der Waals surface area contributed by atoms with Gasteiger partial charge in [-0.3, -0.25) is 14.4 Å². The van der Waals surface area contributed by atoms with E-state index in [1.807, 2.05) is 4.90 Å². The van der Waals surface area contributed by atoms with Crippen LogP contribution in [-0.2, 0) is 9.59 Å². The van der Waals surface area contributed by atoms with E-state index in [1.165, 1.54) is 0 Å². The second kappa shape index (κ2) is 7.31. The maximum atomic E-state index is 12.9. The predicted octanol–water partition coefficient (Wildman–Crippen LogP) is 1.58. The van der Waals surface area contributed by atoms with E-state index in [4.69, 9.17) is 4.74 Å². The van der Waals surface area contributed by atoms with Gasteiger partial charge in [0.2, 0.25) is 5.91 Å². The molecule has 2 unspecified atom stereocenters. The molecule has 3 heterocycles. The Labute approximate surface area is 158 Å². The minimum Gasteiger partial charge on any atom is -0.479 e. The van der Waals surface area contributed by atoms with Crippen LogP contribution in [-0.4, -0.2) is 54.3 Å². The molecule has 7 heteroatoms. The molecular weight excluding hydrogens is 346 g/mol. The molecule has 1 aromatic carbocycles. The van der Waals surface area contributed by atoms with Gasteiger partial charge < -0.3 is 20.3 Å². The fourth-order valence-electron chi connectivity index (χ4n) is 4.08. The number of Topliss-reactive ketones (excluding diaryl/α,β-unsaturated/α-hetero) is 1. The van der Waals surface area contributed by atoms with Crippen molar-refractivity contribution in [3.63, 3.8) is 0 Å². The summed E-state index contributed by atoms with van der Waals surface area (Å²) in [5.74, 6) is 0.517. The zero-order chi connectivity index (χ0) is 19.0. The molecule has 0 bridgehead atoms. The number of fused-ring (bicyclic) bond motifs is 1. The highest BCUT2D eigenvalue weighted by Gasteiger charge is 2.32. The van der Waals surface area contributed by atoms with E-state index < -0.39 is 6.10 Å². The Balaban J connectivity index is 1.39.